The summed E-state index contributed by atoms with van der Waals surface area (Å²) in [6, 6.07) is 1.97. The lowest BCUT2D eigenvalue weighted by molar-refractivity contribution is 0.0771. The lowest BCUT2D eigenvalue weighted by Gasteiger charge is -2.08. The Labute approximate surface area is 90.6 Å². The summed E-state index contributed by atoms with van der Waals surface area (Å²) >= 11 is 0. The molecule has 0 spiro atoms. The summed E-state index contributed by atoms with van der Waals surface area (Å²) in [5, 5.41) is 0. The third kappa shape index (κ3) is 3.08. The molecule has 1 aliphatic rings. The van der Waals surface area contributed by atoms with Crippen LogP contribution < -0.4 is 5.73 Å². The first-order valence-corrected chi connectivity index (χ1v) is 5.72. The van der Waals surface area contributed by atoms with Gasteiger partial charge in [0.1, 0.15) is 12.4 Å². The van der Waals surface area contributed by atoms with Crippen molar-refractivity contribution in [1.29, 1.82) is 0 Å². The van der Waals surface area contributed by atoms with Gasteiger partial charge in [0.05, 0.1) is 6.26 Å². The highest BCUT2D eigenvalue weighted by Crippen LogP contribution is 2.25. The van der Waals surface area contributed by atoms with Crippen molar-refractivity contribution in [1.82, 2.24) is 0 Å². The van der Waals surface area contributed by atoms with Gasteiger partial charge in [0, 0.05) is 18.7 Å². The summed E-state index contributed by atoms with van der Waals surface area (Å²) in [6.07, 6.45) is 7.09. The van der Waals surface area contributed by atoms with Crippen LogP contribution in [0.1, 0.15) is 37.0 Å². The third-order valence-corrected chi connectivity index (χ3v) is 3.02. The number of furan rings is 1. The van der Waals surface area contributed by atoms with E-state index in [-0.39, 0.29) is 0 Å². The average molecular weight is 209 g/mol. The molecule has 0 bridgehead atoms. The molecule has 0 radical (unpaired) electrons. The van der Waals surface area contributed by atoms with Crippen LogP contribution in [0.4, 0.5) is 0 Å². The van der Waals surface area contributed by atoms with Crippen molar-refractivity contribution in [2.45, 2.75) is 38.8 Å². The maximum Gasteiger partial charge on any atom is 0.129 e. The molecule has 3 heteroatoms. The molecule has 0 aliphatic heterocycles. The average Bonchev–Trinajstić information content (AvgIpc) is 2.88. The topological polar surface area (TPSA) is 48.4 Å². The molecule has 1 aromatic rings. The first kappa shape index (κ1) is 10.7. The minimum absolute atomic E-state index is 0.534. The Hall–Kier alpha value is -0.800. The van der Waals surface area contributed by atoms with Crippen LogP contribution in [0.2, 0.25) is 0 Å². The predicted octanol–water partition coefficient (Wildman–Crippen LogP) is 2.45. The van der Waals surface area contributed by atoms with Crippen molar-refractivity contribution >= 4 is 0 Å². The van der Waals surface area contributed by atoms with Gasteiger partial charge in [-0.3, -0.25) is 0 Å². The maximum absolute atomic E-state index is 5.63. The Morgan fingerprint density at radius 1 is 1.40 bits per heavy atom. The normalized spacial score (nSPS) is 17.4. The van der Waals surface area contributed by atoms with Crippen molar-refractivity contribution in [3.8, 4) is 0 Å². The molecule has 0 saturated heterocycles. The van der Waals surface area contributed by atoms with Gasteiger partial charge in [-0.05, 0) is 24.8 Å². The molecular weight excluding hydrogens is 190 g/mol. The molecule has 2 rings (SSSR count). The van der Waals surface area contributed by atoms with Crippen LogP contribution in [0.15, 0.2) is 16.7 Å². The van der Waals surface area contributed by atoms with E-state index in [0.717, 1.165) is 23.8 Å². The molecule has 0 aromatic carbocycles. The third-order valence-electron chi connectivity index (χ3n) is 3.02. The van der Waals surface area contributed by atoms with Gasteiger partial charge in [0.2, 0.25) is 0 Å². The fraction of sp³-hybridized carbons (Fsp3) is 0.667. The Balaban J connectivity index is 1.68. The van der Waals surface area contributed by atoms with E-state index >= 15 is 0 Å². The molecule has 1 aliphatic carbocycles. The minimum atomic E-state index is 0.534. The van der Waals surface area contributed by atoms with Crippen molar-refractivity contribution < 1.29 is 9.15 Å². The first-order valence-electron chi connectivity index (χ1n) is 5.72. The van der Waals surface area contributed by atoms with Gasteiger partial charge in [0.25, 0.3) is 0 Å². The monoisotopic (exact) mass is 209 g/mol. The first-order chi connectivity index (χ1) is 7.38. The number of hydrogen-bond acceptors (Lipinski definition) is 3. The second-order valence-electron chi connectivity index (χ2n) is 4.29. The van der Waals surface area contributed by atoms with Crippen molar-refractivity contribution in [2.24, 2.45) is 11.7 Å². The van der Waals surface area contributed by atoms with Crippen molar-refractivity contribution in [2.75, 3.05) is 6.61 Å². The molecule has 1 saturated carbocycles. The largest absolute Gasteiger partial charge is 0.467 e. The summed E-state index contributed by atoms with van der Waals surface area (Å²) in [5.41, 5.74) is 6.53. The van der Waals surface area contributed by atoms with Gasteiger partial charge in [-0.1, -0.05) is 12.8 Å². The predicted molar refractivity (Wildman–Crippen MR) is 58.2 cm³/mol. The molecule has 0 atom stereocenters. The van der Waals surface area contributed by atoms with Crippen LogP contribution in [-0.4, -0.2) is 6.61 Å². The van der Waals surface area contributed by atoms with E-state index in [4.69, 9.17) is 14.9 Å². The van der Waals surface area contributed by atoms with Gasteiger partial charge in [-0.2, -0.15) is 0 Å². The molecule has 84 valence electrons. The summed E-state index contributed by atoms with van der Waals surface area (Å²) in [7, 11) is 0. The summed E-state index contributed by atoms with van der Waals surface area (Å²) in [6.45, 7) is 1.99. The Morgan fingerprint density at radius 2 is 2.20 bits per heavy atom. The van der Waals surface area contributed by atoms with E-state index in [9.17, 15) is 0 Å². The molecule has 1 heterocycles. The van der Waals surface area contributed by atoms with Gasteiger partial charge >= 0.3 is 0 Å². The molecule has 0 amide bonds. The lowest BCUT2D eigenvalue weighted by Crippen LogP contribution is -2.04. The summed E-state index contributed by atoms with van der Waals surface area (Å²) < 4.78 is 10.9. The fourth-order valence-corrected chi connectivity index (χ4v) is 2.11. The zero-order valence-electron chi connectivity index (χ0n) is 9.08. The van der Waals surface area contributed by atoms with Crippen LogP contribution in [0.5, 0.6) is 0 Å². The van der Waals surface area contributed by atoms with E-state index in [1.165, 1.54) is 25.7 Å². The van der Waals surface area contributed by atoms with E-state index in [1.807, 2.05) is 6.07 Å². The summed E-state index contributed by atoms with van der Waals surface area (Å²) in [5.74, 6) is 1.65. The number of hydrogen-bond donors (Lipinski definition) is 1. The van der Waals surface area contributed by atoms with Gasteiger partial charge in [0.15, 0.2) is 0 Å². The molecule has 2 N–H and O–H groups in total. The van der Waals surface area contributed by atoms with Gasteiger partial charge in [-0.15, -0.1) is 0 Å². The van der Waals surface area contributed by atoms with E-state index < -0.39 is 0 Å². The smallest absolute Gasteiger partial charge is 0.129 e. The maximum atomic E-state index is 5.63. The van der Waals surface area contributed by atoms with Gasteiger partial charge < -0.3 is 14.9 Å². The van der Waals surface area contributed by atoms with Crippen LogP contribution in [0.3, 0.4) is 0 Å². The molecule has 15 heavy (non-hydrogen) atoms. The fourth-order valence-electron chi connectivity index (χ4n) is 2.11. The lowest BCUT2D eigenvalue weighted by atomic mass is 10.1. The molecule has 3 nitrogen and oxygen atoms in total. The number of nitrogens with two attached hydrogens (primary N) is 1. The van der Waals surface area contributed by atoms with E-state index in [0.29, 0.717) is 13.2 Å². The Kier molecular flexibility index (Phi) is 3.80. The summed E-state index contributed by atoms with van der Waals surface area (Å²) in [4.78, 5) is 0. The Morgan fingerprint density at radius 3 is 2.87 bits per heavy atom. The van der Waals surface area contributed by atoms with Crippen molar-refractivity contribution in [3.05, 3.63) is 23.7 Å². The molecular formula is C12H19NO2. The number of rotatable bonds is 5. The molecule has 0 unspecified atom stereocenters. The standard InChI is InChI=1S/C12H19NO2/c13-6-11-5-12(15-8-11)9-14-7-10-3-1-2-4-10/h5,8,10H,1-4,6-7,9,13H2. The second kappa shape index (κ2) is 5.33. The quantitative estimate of drug-likeness (QED) is 0.810. The highest BCUT2D eigenvalue weighted by atomic mass is 16.5. The zero-order valence-corrected chi connectivity index (χ0v) is 9.08. The molecule has 1 fully saturated rings. The van der Waals surface area contributed by atoms with Gasteiger partial charge in [-0.25, -0.2) is 0 Å². The highest BCUT2D eigenvalue weighted by Gasteiger charge is 2.14. The highest BCUT2D eigenvalue weighted by molar-refractivity contribution is 5.11. The van der Waals surface area contributed by atoms with E-state index in [2.05, 4.69) is 0 Å². The van der Waals surface area contributed by atoms with Crippen LogP contribution >= 0.6 is 0 Å². The SMILES string of the molecule is NCc1coc(COCC2CCCC2)c1. The van der Waals surface area contributed by atoms with Crippen LogP contribution in [0, 0.1) is 5.92 Å². The van der Waals surface area contributed by atoms with E-state index in [1.54, 1.807) is 6.26 Å². The second-order valence-corrected chi connectivity index (χ2v) is 4.29. The van der Waals surface area contributed by atoms with Crippen LogP contribution in [-0.2, 0) is 17.9 Å². The Bertz CT molecular complexity index is 290. The van der Waals surface area contributed by atoms with Crippen molar-refractivity contribution in [3.63, 3.8) is 0 Å². The number of ether oxygens (including phenoxy) is 1. The zero-order chi connectivity index (χ0) is 10.5. The molecule has 1 aromatic heterocycles. The minimum Gasteiger partial charge on any atom is -0.467 e. The van der Waals surface area contributed by atoms with Crippen LogP contribution in [0.25, 0.3) is 0 Å².